The average molecular weight is 335 g/mol. The monoisotopic (exact) mass is 335 g/mol. The summed E-state index contributed by atoms with van der Waals surface area (Å²) in [5.74, 6) is -0.493. The summed E-state index contributed by atoms with van der Waals surface area (Å²) < 4.78 is 1.63. The van der Waals surface area contributed by atoms with Gasteiger partial charge in [-0.05, 0) is 30.3 Å². The molecule has 0 saturated carbocycles. The second kappa shape index (κ2) is 7.87. The first kappa shape index (κ1) is 16.4. The number of benzene rings is 1. The van der Waals surface area contributed by atoms with Crippen LogP contribution in [0.25, 0.3) is 5.69 Å². The molecule has 0 unspecified atom stereocenters. The fourth-order valence-corrected chi connectivity index (χ4v) is 2.21. The Labute approximate surface area is 144 Å². The molecular weight excluding hydrogens is 318 g/mol. The summed E-state index contributed by atoms with van der Waals surface area (Å²) in [5.41, 5.74) is 1.85. The van der Waals surface area contributed by atoms with E-state index in [-0.39, 0.29) is 24.8 Å². The lowest BCUT2D eigenvalue weighted by molar-refractivity contribution is -0.116. The van der Waals surface area contributed by atoms with E-state index in [1.165, 1.54) is 0 Å². The fourth-order valence-electron chi connectivity index (χ4n) is 2.21. The second-order valence-corrected chi connectivity index (χ2v) is 5.27. The summed E-state index contributed by atoms with van der Waals surface area (Å²) in [6, 6.07) is 14.6. The van der Waals surface area contributed by atoms with Crippen LogP contribution in [0.1, 0.15) is 16.9 Å². The van der Waals surface area contributed by atoms with E-state index >= 15 is 0 Å². The molecule has 3 rings (SSSR count). The normalized spacial score (nSPS) is 10.2. The third kappa shape index (κ3) is 4.51. The molecule has 0 spiro atoms. The summed E-state index contributed by atoms with van der Waals surface area (Å²) in [4.78, 5) is 27.8. The number of carbonyl (C=O) groups excluding carboxylic acids is 2. The number of nitrogens with one attached hydrogen (secondary N) is 2. The highest BCUT2D eigenvalue weighted by atomic mass is 16.2. The molecular formula is C18H17N5O2. The zero-order valence-electron chi connectivity index (χ0n) is 13.4. The Morgan fingerprint density at radius 3 is 2.52 bits per heavy atom. The summed E-state index contributed by atoms with van der Waals surface area (Å²) in [6.45, 7) is 0.230. The molecule has 2 aromatic heterocycles. The first-order chi connectivity index (χ1) is 12.2. The molecule has 7 heteroatoms. The number of para-hydroxylation sites is 1. The van der Waals surface area contributed by atoms with E-state index in [4.69, 9.17) is 0 Å². The van der Waals surface area contributed by atoms with Crippen LogP contribution in [-0.4, -0.2) is 33.1 Å². The Bertz CT molecular complexity index is 846. The number of hydrogen-bond donors (Lipinski definition) is 2. The number of nitrogens with zero attached hydrogens (tertiary/aromatic N) is 3. The van der Waals surface area contributed by atoms with Crippen molar-refractivity contribution in [1.29, 1.82) is 0 Å². The highest BCUT2D eigenvalue weighted by molar-refractivity contribution is 5.93. The molecule has 126 valence electrons. The van der Waals surface area contributed by atoms with E-state index in [1.54, 1.807) is 41.5 Å². The van der Waals surface area contributed by atoms with Gasteiger partial charge in [0.05, 0.1) is 5.69 Å². The number of rotatable bonds is 6. The quantitative estimate of drug-likeness (QED) is 0.721. The van der Waals surface area contributed by atoms with E-state index in [9.17, 15) is 9.59 Å². The van der Waals surface area contributed by atoms with Crippen LogP contribution in [0.5, 0.6) is 0 Å². The van der Waals surface area contributed by atoms with Crippen molar-refractivity contribution in [3.8, 4) is 5.69 Å². The third-order valence-corrected chi connectivity index (χ3v) is 3.44. The van der Waals surface area contributed by atoms with Gasteiger partial charge in [0.1, 0.15) is 0 Å². The Kier molecular flexibility index (Phi) is 5.16. The summed E-state index contributed by atoms with van der Waals surface area (Å²) in [5, 5.41) is 9.67. The zero-order valence-corrected chi connectivity index (χ0v) is 13.4. The lowest BCUT2D eigenvalue weighted by Gasteiger charge is -2.05. The van der Waals surface area contributed by atoms with Crippen molar-refractivity contribution in [2.45, 2.75) is 6.42 Å². The molecule has 7 nitrogen and oxygen atoms in total. The van der Waals surface area contributed by atoms with Gasteiger partial charge in [-0.25, -0.2) is 4.68 Å². The minimum Gasteiger partial charge on any atom is -0.350 e. The molecule has 2 amide bonds. The number of hydrogen-bond acceptors (Lipinski definition) is 4. The minimum atomic E-state index is -0.314. The number of anilines is 1. The largest absolute Gasteiger partial charge is 0.350 e. The molecule has 25 heavy (non-hydrogen) atoms. The van der Waals surface area contributed by atoms with Crippen LogP contribution in [0.15, 0.2) is 67.1 Å². The summed E-state index contributed by atoms with van der Waals surface area (Å²) >= 11 is 0. The van der Waals surface area contributed by atoms with Gasteiger partial charge >= 0.3 is 0 Å². The molecule has 0 fully saturated rings. The van der Waals surface area contributed by atoms with E-state index in [1.807, 2.05) is 30.3 Å². The van der Waals surface area contributed by atoms with Crippen LogP contribution in [0.4, 0.5) is 5.69 Å². The van der Waals surface area contributed by atoms with Crippen molar-refractivity contribution in [2.75, 3.05) is 11.9 Å². The maximum absolute atomic E-state index is 12.1. The molecule has 0 saturated heterocycles. The SMILES string of the molecule is O=C(CCNC(=O)c1ccn(-c2ccccc2)n1)Nc1ccncc1. The van der Waals surface area contributed by atoms with Gasteiger partial charge in [-0.3, -0.25) is 14.6 Å². The van der Waals surface area contributed by atoms with Crippen LogP contribution in [0.3, 0.4) is 0 Å². The molecule has 2 heterocycles. The highest BCUT2D eigenvalue weighted by Gasteiger charge is 2.10. The van der Waals surface area contributed by atoms with Gasteiger partial charge < -0.3 is 10.6 Å². The number of amides is 2. The Morgan fingerprint density at radius 2 is 1.76 bits per heavy atom. The van der Waals surface area contributed by atoms with Crippen LogP contribution in [-0.2, 0) is 4.79 Å². The predicted molar refractivity (Wildman–Crippen MR) is 93.4 cm³/mol. The van der Waals surface area contributed by atoms with Gasteiger partial charge in [0, 0.05) is 37.2 Å². The molecule has 2 N–H and O–H groups in total. The topological polar surface area (TPSA) is 88.9 Å². The number of carbonyl (C=O) groups is 2. The number of aromatic nitrogens is 3. The van der Waals surface area contributed by atoms with Crippen molar-refractivity contribution >= 4 is 17.5 Å². The first-order valence-electron chi connectivity index (χ1n) is 7.81. The van der Waals surface area contributed by atoms with Gasteiger partial charge in [-0.15, -0.1) is 0 Å². The predicted octanol–water partition coefficient (Wildman–Crippen LogP) is 2.03. The number of pyridine rings is 1. The Hall–Kier alpha value is -3.48. The zero-order chi connectivity index (χ0) is 17.5. The van der Waals surface area contributed by atoms with E-state index in [0.29, 0.717) is 11.4 Å². The first-order valence-corrected chi connectivity index (χ1v) is 7.81. The van der Waals surface area contributed by atoms with E-state index in [2.05, 4.69) is 20.7 Å². The molecule has 0 bridgehead atoms. The van der Waals surface area contributed by atoms with Crippen molar-refractivity contribution < 1.29 is 9.59 Å². The van der Waals surface area contributed by atoms with Crippen LogP contribution in [0, 0.1) is 0 Å². The molecule has 0 aliphatic heterocycles. The standard InChI is InChI=1S/C18H17N5O2/c24-17(21-14-6-10-19-11-7-14)8-12-20-18(25)16-9-13-23(22-16)15-4-2-1-3-5-15/h1-7,9-11,13H,8,12H2,(H,20,25)(H,19,21,24). The summed E-state index contributed by atoms with van der Waals surface area (Å²) in [6.07, 6.45) is 5.09. The maximum Gasteiger partial charge on any atom is 0.271 e. The van der Waals surface area contributed by atoms with Gasteiger partial charge in [0.25, 0.3) is 5.91 Å². The van der Waals surface area contributed by atoms with Crippen molar-refractivity contribution in [1.82, 2.24) is 20.1 Å². The molecule has 3 aromatic rings. The molecule has 0 aliphatic rings. The van der Waals surface area contributed by atoms with Crippen molar-refractivity contribution in [2.24, 2.45) is 0 Å². The average Bonchev–Trinajstić information content (AvgIpc) is 3.13. The lowest BCUT2D eigenvalue weighted by atomic mass is 10.3. The van der Waals surface area contributed by atoms with Crippen molar-refractivity contribution in [3.05, 3.63) is 72.8 Å². The maximum atomic E-state index is 12.1. The van der Waals surface area contributed by atoms with E-state index < -0.39 is 0 Å². The van der Waals surface area contributed by atoms with Crippen molar-refractivity contribution in [3.63, 3.8) is 0 Å². The smallest absolute Gasteiger partial charge is 0.271 e. The van der Waals surface area contributed by atoms with E-state index in [0.717, 1.165) is 5.69 Å². The van der Waals surface area contributed by atoms with Gasteiger partial charge in [0.2, 0.25) is 5.91 Å². The lowest BCUT2D eigenvalue weighted by Crippen LogP contribution is -2.28. The van der Waals surface area contributed by atoms with Crippen LogP contribution in [0.2, 0.25) is 0 Å². The molecule has 1 aromatic carbocycles. The fraction of sp³-hybridized carbons (Fsp3) is 0.111. The molecule has 0 radical (unpaired) electrons. The van der Waals surface area contributed by atoms with Gasteiger partial charge in [-0.1, -0.05) is 18.2 Å². The Balaban J connectivity index is 1.48. The van der Waals surface area contributed by atoms with Gasteiger partial charge in [0.15, 0.2) is 5.69 Å². The molecule has 0 aliphatic carbocycles. The molecule has 0 atom stereocenters. The summed E-state index contributed by atoms with van der Waals surface area (Å²) in [7, 11) is 0. The minimum absolute atomic E-state index is 0.174. The second-order valence-electron chi connectivity index (χ2n) is 5.27. The Morgan fingerprint density at radius 1 is 1.00 bits per heavy atom. The van der Waals surface area contributed by atoms with Gasteiger partial charge in [-0.2, -0.15) is 5.10 Å². The van der Waals surface area contributed by atoms with Crippen LogP contribution < -0.4 is 10.6 Å². The third-order valence-electron chi connectivity index (χ3n) is 3.44. The van der Waals surface area contributed by atoms with Crippen LogP contribution >= 0.6 is 0 Å². The highest BCUT2D eigenvalue weighted by Crippen LogP contribution is 2.07.